The zero-order valence-corrected chi connectivity index (χ0v) is 44.4. The molecule has 8 heteroatoms. The van der Waals surface area contributed by atoms with Crippen molar-refractivity contribution in [1.29, 1.82) is 0 Å². The molecule has 0 aromatic rings. The number of allylic oxidation sites excluding steroid dienone is 6. The summed E-state index contributed by atoms with van der Waals surface area (Å²) in [6, 6.07) is 0.233. The minimum atomic E-state index is -0.336. The molecule has 0 aliphatic heterocycles. The number of nitrogens with one attached hydrogen (secondary N) is 2. The van der Waals surface area contributed by atoms with Gasteiger partial charge in [-0.05, 0) is 84.2 Å². The summed E-state index contributed by atoms with van der Waals surface area (Å²) in [4.78, 5) is 26.6. The minimum absolute atomic E-state index is 0.0856. The van der Waals surface area contributed by atoms with Crippen LogP contribution >= 0.6 is 0 Å². The van der Waals surface area contributed by atoms with Gasteiger partial charge < -0.3 is 29.7 Å². The van der Waals surface area contributed by atoms with E-state index in [0.717, 1.165) is 87.0 Å². The van der Waals surface area contributed by atoms with Gasteiger partial charge in [0, 0.05) is 68.7 Å². The zero-order valence-electron chi connectivity index (χ0n) is 44.4. The molecule has 2 rings (SSSR count). The van der Waals surface area contributed by atoms with Crippen LogP contribution < -0.4 is 10.6 Å². The van der Waals surface area contributed by atoms with E-state index in [-0.39, 0.29) is 30.3 Å². The van der Waals surface area contributed by atoms with E-state index in [1.54, 1.807) is 0 Å². The van der Waals surface area contributed by atoms with Crippen molar-refractivity contribution in [3.8, 4) is 0 Å². The van der Waals surface area contributed by atoms with Gasteiger partial charge in [-0.1, -0.05) is 175 Å². The van der Waals surface area contributed by atoms with Crippen LogP contribution in [0, 0.1) is 11.8 Å². The Morgan fingerprint density at radius 3 is 1.76 bits per heavy atom. The smallest absolute Gasteiger partial charge is 0.306 e. The SMILES string of the molecule is C=C1C(=C)C(NC2CC(C)CC(OC(=O)CCC(OCCCCCCCC)OCCCCCCCC)C2)=C1NCCN(C)C.CCCCC/C=C\C/C=C\CCCCCCCC(=O)C(C)C. The molecule has 2 aliphatic carbocycles. The summed E-state index contributed by atoms with van der Waals surface area (Å²) in [6.45, 7) is 24.6. The predicted octanol–water partition coefficient (Wildman–Crippen LogP) is 15.1. The van der Waals surface area contributed by atoms with Crippen LogP contribution in [-0.2, 0) is 23.8 Å². The molecule has 1 fully saturated rings. The number of rotatable bonds is 41. The molecule has 0 spiro atoms. The van der Waals surface area contributed by atoms with E-state index in [9.17, 15) is 9.59 Å². The molecule has 66 heavy (non-hydrogen) atoms. The zero-order chi connectivity index (χ0) is 48.6. The van der Waals surface area contributed by atoms with Crippen molar-refractivity contribution >= 4 is 11.8 Å². The Morgan fingerprint density at radius 1 is 0.667 bits per heavy atom. The standard InChI is InChI=1S/C37H67N3O4.C21H38O/c1-8-10-12-14-16-18-24-42-35(43-25-19-17-15-13-11-9-2)21-20-34(41)44-33-27-29(3)26-32(28-33)39-37-31(5)30(4)36(37)38-22-23-40(6)7;1-4-5-6-7-8-9-10-11-12-13-14-15-16-17-18-19-21(22)20(2)3/h29,32-33,35,38-39H,4-5,8-28H2,1-3,6-7H3;8-9,11-12,20H,4-7,10,13-19H2,1-3H3/b;9-8-,12-11-. The van der Waals surface area contributed by atoms with Crippen molar-refractivity contribution < 1.29 is 23.8 Å². The molecule has 3 atom stereocenters. The van der Waals surface area contributed by atoms with E-state index < -0.39 is 0 Å². The van der Waals surface area contributed by atoms with Gasteiger partial charge in [0.25, 0.3) is 0 Å². The molecule has 8 nitrogen and oxygen atoms in total. The van der Waals surface area contributed by atoms with E-state index in [2.05, 4.69) is 94.8 Å². The van der Waals surface area contributed by atoms with Crippen molar-refractivity contribution in [2.75, 3.05) is 40.4 Å². The summed E-state index contributed by atoms with van der Waals surface area (Å²) in [5.41, 5.74) is 4.07. The molecule has 2 N–H and O–H groups in total. The molecule has 382 valence electrons. The van der Waals surface area contributed by atoms with Gasteiger partial charge in [0.15, 0.2) is 6.29 Å². The summed E-state index contributed by atoms with van der Waals surface area (Å²) in [7, 11) is 4.14. The third-order valence-corrected chi connectivity index (χ3v) is 12.8. The highest BCUT2D eigenvalue weighted by Gasteiger charge is 2.33. The van der Waals surface area contributed by atoms with Crippen LogP contribution in [0.4, 0.5) is 0 Å². The molecule has 0 aromatic heterocycles. The number of hydrogen-bond acceptors (Lipinski definition) is 8. The van der Waals surface area contributed by atoms with Gasteiger partial charge in [-0.15, -0.1) is 0 Å². The van der Waals surface area contributed by atoms with Crippen molar-refractivity contribution in [3.63, 3.8) is 0 Å². The summed E-state index contributed by atoms with van der Waals surface area (Å²) in [6.07, 6.45) is 41.6. The highest BCUT2D eigenvalue weighted by atomic mass is 16.7. The van der Waals surface area contributed by atoms with Gasteiger partial charge >= 0.3 is 5.97 Å². The maximum absolute atomic E-state index is 13.0. The minimum Gasteiger partial charge on any atom is -0.462 e. The molecular formula is C58H105N3O5. The maximum atomic E-state index is 13.0. The first-order chi connectivity index (χ1) is 31.9. The van der Waals surface area contributed by atoms with Gasteiger partial charge in [0.05, 0.1) is 17.8 Å². The third kappa shape index (κ3) is 32.1. The van der Waals surface area contributed by atoms with Gasteiger partial charge in [-0.25, -0.2) is 0 Å². The Hall–Kier alpha value is -2.68. The van der Waals surface area contributed by atoms with Crippen LogP contribution in [0.1, 0.15) is 228 Å². The van der Waals surface area contributed by atoms with E-state index in [1.807, 2.05) is 13.8 Å². The lowest BCUT2D eigenvalue weighted by Crippen LogP contribution is -2.44. The van der Waals surface area contributed by atoms with Crippen LogP contribution in [0.2, 0.25) is 0 Å². The molecule has 0 radical (unpaired) electrons. The Labute approximate surface area is 408 Å². The molecule has 0 amide bonds. The number of ketones is 1. The number of ether oxygens (including phenoxy) is 3. The van der Waals surface area contributed by atoms with Crippen molar-refractivity contribution in [3.05, 3.63) is 60.0 Å². The summed E-state index contributed by atoms with van der Waals surface area (Å²) >= 11 is 0. The number of Topliss-reactive ketones (excluding diaryl/α,β-unsaturated/α-hetero) is 1. The number of carbonyl (C=O) groups is 2. The van der Waals surface area contributed by atoms with E-state index in [4.69, 9.17) is 14.2 Å². The van der Waals surface area contributed by atoms with Crippen LogP contribution in [0.15, 0.2) is 60.0 Å². The Bertz CT molecular complexity index is 1330. The average molecular weight is 924 g/mol. The fourth-order valence-corrected chi connectivity index (χ4v) is 8.55. The molecule has 3 unspecified atom stereocenters. The Morgan fingerprint density at radius 2 is 1.18 bits per heavy atom. The van der Waals surface area contributed by atoms with Crippen molar-refractivity contribution in [1.82, 2.24) is 15.5 Å². The third-order valence-electron chi connectivity index (χ3n) is 12.8. The number of unbranched alkanes of at least 4 members (excludes halogenated alkanes) is 18. The lowest BCUT2D eigenvalue weighted by atomic mass is 9.82. The second-order valence-corrected chi connectivity index (χ2v) is 20.0. The van der Waals surface area contributed by atoms with Crippen LogP contribution in [0.5, 0.6) is 0 Å². The first-order valence-electron chi connectivity index (χ1n) is 27.5. The van der Waals surface area contributed by atoms with Gasteiger partial charge in [-0.2, -0.15) is 0 Å². The van der Waals surface area contributed by atoms with Gasteiger partial charge in [0.2, 0.25) is 0 Å². The van der Waals surface area contributed by atoms with Gasteiger partial charge in [0.1, 0.15) is 11.9 Å². The molecule has 1 saturated carbocycles. The second-order valence-electron chi connectivity index (χ2n) is 20.0. The fraction of sp³-hybridized carbons (Fsp3) is 0.793. The first-order valence-corrected chi connectivity index (χ1v) is 27.5. The number of nitrogens with zero attached hydrogens (tertiary/aromatic N) is 1. The molecule has 0 saturated heterocycles. The first kappa shape index (κ1) is 61.3. The topological polar surface area (TPSA) is 89.1 Å². The predicted molar refractivity (Wildman–Crippen MR) is 283 cm³/mol. The number of hydrogen-bond donors (Lipinski definition) is 2. The Balaban J connectivity index is 0.000000832. The van der Waals surface area contributed by atoms with Crippen LogP contribution in [-0.4, -0.2) is 75.5 Å². The highest BCUT2D eigenvalue weighted by Crippen LogP contribution is 2.36. The molecular weight excluding hydrogens is 819 g/mol. The summed E-state index contributed by atoms with van der Waals surface area (Å²) < 4.78 is 18.3. The highest BCUT2D eigenvalue weighted by molar-refractivity contribution is 5.80. The molecule has 0 aromatic carbocycles. The summed E-state index contributed by atoms with van der Waals surface area (Å²) in [5, 5.41) is 7.23. The lowest BCUT2D eigenvalue weighted by Gasteiger charge is -2.38. The second kappa shape index (κ2) is 41.3. The molecule has 0 heterocycles. The maximum Gasteiger partial charge on any atom is 0.306 e. The summed E-state index contributed by atoms with van der Waals surface area (Å²) in [5.74, 6) is 0.956. The number of carbonyl (C=O) groups excluding carboxylic acids is 2. The fourth-order valence-electron chi connectivity index (χ4n) is 8.55. The normalized spacial score (nSPS) is 17.6. The van der Waals surface area contributed by atoms with Crippen molar-refractivity contribution in [2.24, 2.45) is 11.8 Å². The monoisotopic (exact) mass is 924 g/mol. The van der Waals surface area contributed by atoms with Crippen LogP contribution in [0.3, 0.4) is 0 Å². The quantitative estimate of drug-likeness (QED) is 0.0271. The van der Waals surface area contributed by atoms with Crippen LogP contribution in [0.25, 0.3) is 0 Å². The number of likely N-dealkylation sites (N-methyl/N-ethyl adjacent to an activating group) is 1. The van der Waals surface area contributed by atoms with Gasteiger partial charge in [-0.3, -0.25) is 9.59 Å². The van der Waals surface area contributed by atoms with E-state index >= 15 is 0 Å². The number of esters is 1. The molecule has 2 aliphatic rings. The molecule has 0 bridgehead atoms. The lowest BCUT2D eigenvalue weighted by molar-refractivity contribution is -0.164. The average Bonchev–Trinajstić information content (AvgIpc) is 3.29. The van der Waals surface area contributed by atoms with Crippen molar-refractivity contribution in [2.45, 2.75) is 246 Å². The van der Waals surface area contributed by atoms with E-state index in [1.165, 1.54) is 122 Å². The largest absolute Gasteiger partial charge is 0.462 e. The Kier molecular flexibility index (Phi) is 38.4. The van der Waals surface area contributed by atoms with E-state index in [0.29, 0.717) is 37.8 Å².